The number of aromatic amines is 1. The Morgan fingerprint density at radius 3 is 2.59 bits per heavy atom. The summed E-state index contributed by atoms with van der Waals surface area (Å²) in [5.74, 6) is -1.90. The predicted molar refractivity (Wildman–Crippen MR) is 79.8 cm³/mol. The van der Waals surface area contributed by atoms with Crippen LogP contribution in [0.25, 0.3) is 0 Å². The van der Waals surface area contributed by atoms with Crippen LogP contribution in [0.3, 0.4) is 0 Å². The van der Waals surface area contributed by atoms with Crippen molar-refractivity contribution in [3.63, 3.8) is 0 Å². The highest BCUT2D eigenvalue weighted by molar-refractivity contribution is 7.89. The lowest BCUT2D eigenvalue weighted by Gasteiger charge is -2.13. The monoisotopic (exact) mass is 323 g/mol. The van der Waals surface area contributed by atoms with Crippen LogP contribution in [0.5, 0.6) is 0 Å². The molecule has 0 saturated carbocycles. The molecule has 118 valence electrons. The van der Waals surface area contributed by atoms with Gasteiger partial charge in [0.15, 0.2) is 5.03 Å². The Bertz CT molecular complexity index is 724. The molecule has 0 aliphatic heterocycles. The van der Waals surface area contributed by atoms with E-state index in [1.807, 2.05) is 31.2 Å². The fourth-order valence-corrected chi connectivity index (χ4v) is 2.92. The second-order valence-corrected chi connectivity index (χ2v) is 6.73. The molecule has 0 spiro atoms. The number of carbonyl (C=O) groups is 1. The number of carboxylic acids is 1. The molecule has 1 aromatic heterocycles. The fourth-order valence-electron chi connectivity index (χ4n) is 1.93. The molecule has 1 aromatic carbocycles. The number of hydrogen-bond acceptors (Lipinski definition) is 4. The van der Waals surface area contributed by atoms with E-state index >= 15 is 0 Å². The van der Waals surface area contributed by atoms with Crippen LogP contribution in [0.2, 0.25) is 0 Å². The molecule has 1 atom stereocenters. The van der Waals surface area contributed by atoms with Gasteiger partial charge < -0.3 is 10.1 Å². The zero-order valence-electron chi connectivity index (χ0n) is 12.0. The van der Waals surface area contributed by atoms with Crippen molar-refractivity contribution in [3.8, 4) is 0 Å². The maximum Gasteiger partial charge on any atom is 0.308 e. The summed E-state index contributed by atoms with van der Waals surface area (Å²) in [5.41, 5.74) is 1.93. The van der Waals surface area contributed by atoms with Crippen LogP contribution in [-0.4, -0.2) is 36.0 Å². The molecule has 0 saturated heterocycles. The lowest BCUT2D eigenvalue weighted by molar-refractivity contribution is -0.141. The zero-order valence-corrected chi connectivity index (χ0v) is 12.8. The summed E-state index contributed by atoms with van der Waals surface area (Å²) < 4.78 is 26.2. The van der Waals surface area contributed by atoms with E-state index in [9.17, 15) is 18.3 Å². The van der Waals surface area contributed by atoms with Gasteiger partial charge in [0.2, 0.25) is 0 Å². The minimum absolute atomic E-state index is 0.0908. The second kappa shape index (κ2) is 6.71. The quantitative estimate of drug-likeness (QED) is 0.702. The molecule has 0 radical (unpaired) electrons. The number of nitrogens with zero attached hydrogens (tertiary/aromatic N) is 1. The molecule has 8 heteroatoms. The fraction of sp³-hybridized carbons (Fsp3) is 0.286. The lowest BCUT2D eigenvalue weighted by Crippen LogP contribution is -2.34. The van der Waals surface area contributed by atoms with Gasteiger partial charge in [-0.05, 0) is 18.9 Å². The van der Waals surface area contributed by atoms with Crippen LogP contribution >= 0.6 is 0 Å². The standard InChI is InChI=1S/C14H17N3O4S/c1-10-2-4-11(5-3-10)6-12(14(18)19)7-17-22(20,21)13-8-15-9-16-13/h2-5,8-9,12,17H,6-7H2,1H3,(H,15,16)(H,18,19). The van der Waals surface area contributed by atoms with E-state index in [-0.39, 0.29) is 18.0 Å². The maximum atomic E-state index is 11.9. The Labute approximate surface area is 128 Å². The summed E-state index contributed by atoms with van der Waals surface area (Å²) in [6.45, 7) is 1.75. The number of aromatic nitrogens is 2. The Morgan fingerprint density at radius 1 is 1.36 bits per heavy atom. The number of aliphatic carboxylic acids is 1. The molecule has 0 bridgehead atoms. The summed E-state index contributed by atoms with van der Waals surface area (Å²) in [6, 6.07) is 7.47. The zero-order chi connectivity index (χ0) is 16.2. The number of rotatable bonds is 7. The van der Waals surface area contributed by atoms with Crippen molar-refractivity contribution in [1.29, 1.82) is 0 Å². The number of aryl methyl sites for hydroxylation is 1. The van der Waals surface area contributed by atoms with Gasteiger partial charge in [-0.3, -0.25) is 4.79 Å². The first-order valence-electron chi connectivity index (χ1n) is 6.65. The molecule has 2 aromatic rings. The van der Waals surface area contributed by atoms with E-state index in [2.05, 4.69) is 14.7 Å². The SMILES string of the molecule is Cc1ccc(CC(CNS(=O)(=O)c2cnc[nH]2)C(=O)O)cc1. The van der Waals surface area contributed by atoms with E-state index in [1.54, 1.807) is 0 Å². The Hall–Kier alpha value is -2.19. The van der Waals surface area contributed by atoms with Gasteiger partial charge >= 0.3 is 5.97 Å². The van der Waals surface area contributed by atoms with Gasteiger partial charge in [-0.2, -0.15) is 0 Å². The van der Waals surface area contributed by atoms with Crippen LogP contribution in [-0.2, 0) is 21.2 Å². The van der Waals surface area contributed by atoms with Crippen molar-refractivity contribution >= 4 is 16.0 Å². The topological polar surface area (TPSA) is 112 Å². The predicted octanol–water partition coefficient (Wildman–Crippen LogP) is 0.940. The third kappa shape index (κ3) is 4.15. The van der Waals surface area contributed by atoms with E-state index in [0.717, 1.165) is 17.3 Å². The van der Waals surface area contributed by atoms with Gasteiger partial charge in [0.05, 0.1) is 18.4 Å². The van der Waals surface area contributed by atoms with Crippen LogP contribution in [0, 0.1) is 12.8 Å². The highest BCUT2D eigenvalue weighted by atomic mass is 32.2. The summed E-state index contributed by atoms with van der Waals surface area (Å²) in [4.78, 5) is 17.4. The molecule has 7 nitrogen and oxygen atoms in total. The highest BCUT2D eigenvalue weighted by Crippen LogP contribution is 2.11. The first kappa shape index (κ1) is 16.2. The average Bonchev–Trinajstić information content (AvgIpc) is 3.00. The third-order valence-electron chi connectivity index (χ3n) is 3.23. The average molecular weight is 323 g/mol. The molecule has 1 unspecified atom stereocenters. The van der Waals surface area contributed by atoms with Gasteiger partial charge in [0.1, 0.15) is 0 Å². The van der Waals surface area contributed by atoms with Gasteiger partial charge in [-0.15, -0.1) is 0 Å². The van der Waals surface area contributed by atoms with Crippen molar-refractivity contribution in [2.45, 2.75) is 18.4 Å². The third-order valence-corrected chi connectivity index (χ3v) is 4.58. The molecular formula is C14H17N3O4S. The number of carboxylic acid groups (broad SMARTS) is 1. The molecule has 3 N–H and O–H groups in total. The van der Waals surface area contributed by atoms with Crippen LogP contribution in [0.15, 0.2) is 41.8 Å². The first-order chi connectivity index (χ1) is 10.4. The van der Waals surface area contributed by atoms with Crippen molar-refractivity contribution < 1.29 is 18.3 Å². The number of hydrogen-bond donors (Lipinski definition) is 3. The van der Waals surface area contributed by atoms with Crippen molar-refractivity contribution in [2.24, 2.45) is 5.92 Å². The minimum atomic E-state index is -3.78. The molecule has 0 fully saturated rings. The molecule has 0 amide bonds. The first-order valence-corrected chi connectivity index (χ1v) is 8.13. The lowest BCUT2D eigenvalue weighted by atomic mass is 9.99. The molecule has 22 heavy (non-hydrogen) atoms. The summed E-state index contributed by atoms with van der Waals surface area (Å²) >= 11 is 0. The van der Waals surface area contributed by atoms with E-state index < -0.39 is 21.9 Å². The molecular weight excluding hydrogens is 306 g/mol. The smallest absolute Gasteiger partial charge is 0.308 e. The number of H-pyrrole nitrogens is 1. The summed E-state index contributed by atoms with van der Waals surface area (Å²) in [6.07, 6.45) is 2.66. The Kier molecular flexibility index (Phi) is 4.94. The Balaban J connectivity index is 2.03. The normalized spacial score (nSPS) is 13.0. The van der Waals surface area contributed by atoms with Crippen molar-refractivity contribution in [3.05, 3.63) is 47.9 Å². The molecule has 1 heterocycles. The summed E-state index contributed by atoms with van der Waals surface area (Å²) in [5, 5.41) is 9.17. The Morgan fingerprint density at radius 2 is 2.05 bits per heavy atom. The van der Waals surface area contributed by atoms with Crippen molar-refractivity contribution in [2.75, 3.05) is 6.54 Å². The number of nitrogens with one attached hydrogen (secondary N) is 2. The number of sulfonamides is 1. The molecule has 0 aliphatic carbocycles. The highest BCUT2D eigenvalue weighted by Gasteiger charge is 2.22. The van der Waals surface area contributed by atoms with Gasteiger partial charge in [-0.25, -0.2) is 18.1 Å². The number of imidazole rings is 1. The minimum Gasteiger partial charge on any atom is -0.481 e. The van der Waals surface area contributed by atoms with Gasteiger partial charge in [0.25, 0.3) is 10.0 Å². The second-order valence-electron chi connectivity index (χ2n) is 4.99. The van der Waals surface area contributed by atoms with E-state index in [4.69, 9.17) is 0 Å². The largest absolute Gasteiger partial charge is 0.481 e. The van der Waals surface area contributed by atoms with Crippen LogP contribution in [0.1, 0.15) is 11.1 Å². The van der Waals surface area contributed by atoms with Crippen molar-refractivity contribution in [1.82, 2.24) is 14.7 Å². The van der Waals surface area contributed by atoms with Gasteiger partial charge in [-0.1, -0.05) is 29.8 Å². The van der Waals surface area contributed by atoms with Crippen LogP contribution < -0.4 is 4.72 Å². The maximum absolute atomic E-state index is 11.9. The molecule has 0 aliphatic rings. The number of benzene rings is 1. The van der Waals surface area contributed by atoms with E-state index in [0.29, 0.717) is 0 Å². The summed E-state index contributed by atoms with van der Waals surface area (Å²) in [7, 11) is -3.78. The van der Waals surface area contributed by atoms with Crippen LogP contribution in [0.4, 0.5) is 0 Å². The molecule has 2 rings (SSSR count). The van der Waals surface area contributed by atoms with Gasteiger partial charge in [0, 0.05) is 6.54 Å². The van der Waals surface area contributed by atoms with E-state index in [1.165, 1.54) is 6.33 Å².